The van der Waals surface area contributed by atoms with Crippen LogP contribution in [-0.2, 0) is 26.9 Å². The topological polar surface area (TPSA) is 68.5 Å². The normalized spacial score (nSPS) is 12.4. The van der Waals surface area contributed by atoms with E-state index in [1.807, 2.05) is 6.07 Å². The van der Waals surface area contributed by atoms with Crippen molar-refractivity contribution in [2.75, 3.05) is 5.75 Å². The van der Waals surface area contributed by atoms with Crippen molar-refractivity contribution in [1.29, 1.82) is 0 Å². The van der Waals surface area contributed by atoms with E-state index in [0.29, 0.717) is 10.3 Å². The number of thiazole rings is 1. The number of sulfone groups is 1. The first-order valence-corrected chi connectivity index (χ1v) is 11.8. The third kappa shape index (κ3) is 5.48. The van der Waals surface area contributed by atoms with Gasteiger partial charge in [0.15, 0.2) is 20.5 Å². The van der Waals surface area contributed by atoms with Gasteiger partial charge in [0.25, 0.3) is 0 Å². The zero-order valence-corrected chi connectivity index (χ0v) is 17.7. The minimum absolute atomic E-state index is 0.0623. The second-order valence-corrected chi connectivity index (χ2v) is 9.90. The lowest BCUT2D eigenvalue weighted by molar-refractivity contribution is -0.118. The Balaban J connectivity index is 1.73. The SMILES string of the molecule is C=CCn1c(=NC(=O)CCCS(=O)(=O)Cc2ccccc2)sc2cc(F)cc(F)c21. The number of carbonyl (C=O) groups excluding carboxylic acids is 1. The molecular formula is C21H20F2N2O3S2. The summed E-state index contributed by atoms with van der Waals surface area (Å²) in [6.45, 7) is 3.81. The van der Waals surface area contributed by atoms with E-state index in [0.717, 1.165) is 17.4 Å². The van der Waals surface area contributed by atoms with E-state index in [1.54, 1.807) is 24.3 Å². The molecular weight excluding hydrogens is 430 g/mol. The number of aromatic nitrogens is 1. The van der Waals surface area contributed by atoms with Gasteiger partial charge in [-0.3, -0.25) is 4.79 Å². The average Bonchev–Trinajstić information content (AvgIpc) is 2.99. The van der Waals surface area contributed by atoms with Crippen LogP contribution >= 0.6 is 11.3 Å². The second kappa shape index (κ2) is 9.44. The maximum Gasteiger partial charge on any atom is 0.248 e. The number of allylic oxidation sites excluding steroid dienone is 1. The highest BCUT2D eigenvalue weighted by Gasteiger charge is 2.15. The van der Waals surface area contributed by atoms with Crippen LogP contribution in [0.5, 0.6) is 0 Å². The lowest BCUT2D eigenvalue weighted by atomic mass is 10.2. The van der Waals surface area contributed by atoms with Gasteiger partial charge in [-0.2, -0.15) is 4.99 Å². The summed E-state index contributed by atoms with van der Waals surface area (Å²) in [5.41, 5.74) is 0.844. The van der Waals surface area contributed by atoms with Crippen molar-refractivity contribution in [1.82, 2.24) is 4.57 Å². The number of benzene rings is 2. The Labute approximate surface area is 176 Å². The van der Waals surface area contributed by atoms with E-state index >= 15 is 0 Å². The van der Waals surface area contributed by atoms with Crippen LogP contribution in [0, 0.1) is 11.6 Å². The van der Waals surface area contributed by atoms with Crippen molar-refractivity contribution < 1.29 is 22.0 Å². The maximum atomic E-state index is 14.2. The summed E-state index contributed by atoms with van der Waals surface area (Å²) in [6.07, 6.45) is 1.59. The smallest absolute Gasteiger partial charge is 0.248 e. The first-order chi connectivity index (χ1) is 14.3. The molecule has 0 saturated carbocycles. The summed E-state index contributed by atoms with van der Waals surface area (Å²) in [6, 6.07) is 10.8. The molecule has 5 nitrogen and oxygen atoms in total. The van der Waals surface area contributed by atoms with E-state index in [9.17, 15) is 22.0 Å². The molecule has 0 N–H and O–H groups in total. The fourth-order valence-corrected chi connectivity index (χ4v) is 5.54. The van der Waals surface area contributed by atoms with Crippen molar-refractivity contribution in [2.45, 2.75) is 25.1 Å². The molecule has 0 aliphatic rings. The minimum Gasteiger partial charge on any atom is -0.310 e. The molecule has 0 bridgehead atoms. The van der Waals surface area contributed by atoms with Gasteiger partial charge in [0.2, 0.25) is 5.91 Å². The molecule has 0 unspecified atom stereocenters. The van der Waals surface area contributed by atoms with Gasteiger partial charge in [-0.25, -0.2) is 17.2 Å². The fourth-order valence-electron chi connectivity index (χ4n) is 3.02. The van der Waals surface area contributed by atoms with Crippen LogP contribution in [0.25, 0.3) is 10.2 Å². The summed E-state index contributed by atoms with van der Waals surface area (Å²) in [4.78, 5) is 16.5. The zero-order valence-electron chi connectivity index (χ0n) is 16.1. The Morgan fingerprint density at radius 1 is 1.20 bits per heavy atom. The quantitative estimate of drug-likeness (QED) is 0.488. The molecule has 0 aliphatic heterocycles. The van der Waals surface area contributed by atoms with Crippen LogP contribution in [0.2, 0.25) is 0 Å². The monoisotopic (exact) mass is 450 g/mol. The summed E-state index contributed by atoms with van der Waals surface area (Å²) < 4.78 is 54.0. The number of hydrogen-bond donors (Lipinski definition) is 0. The molecule has 158 valence electrons. The molecule has 0 radical (unpaired) electrons. The largest absolute Gasteiger partial charge is 0.310 e. The van der Waals surface area contributed by atoms with Crippen LogP contribution in [0.3, 0.4) is 0 Å². The first-order valence-electron chi connectivity index (χ1n) is 9.20. The minimum atomic E-state index is -3.35. The highest BCUT2D eigenvalue weighted by Crippen LogP contribution is 2.22. The van der Waals surface area contributed by atoms with Gasteiger partial charge in [0, 0.05) is 19.0 Å². The number of carbonyl (C=O) groups is 1. The number of halogens is 2. The van der Waals surface area contributed by atoms with Crippen molar-refractivity contribution >= 4 is 37.3 Å². The summed E-state index contributed by atoms with van der Waals surface area (Å²) >= 11 is 0.991. The third-order valence-corrected chi connectivity index (χ3v) is 7.01. The first kappa shape index (κ1) is 22.0. The molecule has 30 heavy (non-hydrogen) atoms. The Hall–Kier alpha value is -2.65. The average molecular weight is 451 g/mol. The van der Waals surface area contributed by atoms with Gasteiger partial charge in [-0.15, -0.1) is 6.58 Å². The molecule has 0 saturated heterocycles. The number of hydrogen-bond acceptors (Lipinski definition) is 4. The number of fused-ring (bicyclic) bond motifs is 1. The number of amides is 1. The molecule has 2 aromatic carbocycles. The van der Waals surface area contributed by atoms with Gasteiger partial charge in [0.05, 0.1) is 21.7 Å². The van der Waals surface area contributed by atoms with E-state index in [1.165, 1.54) is 16.7 Å². The van der Waals surface area contributed by atoms with E-state index in [2.05, 4.69) is 11.6 Å². The molecule has 3 aromatic rings. The Kier molecular flexibility index (Phi) is 6.94. The van der Waals surface area contributed by atoms with Crippen molar-refractivity contribution in [3.8, 4) is 0 Å². The van der Waals surface area contributed by atoms with Gasteiger partial charge in [-0.1, -0.05) is 47.7 Å². The standard InChI is InChI=1S/C21H20F2N2O3S2/c1-2-10-25-20-17(23)12-16(22)13-18(20)29-21(25)24-19(26)9-6-11-30(27,28)14-15-7-4-3-5-8-15/h2-5,7-8,12-13H,1,6,9-11,14H2. The number of nitrogens with zero attached hydrogens (tertiary/aromatic N) is 2. The van der Waals surface area contributed by atoms with Crippen LogP contribution in [0.4, 0.5) is 8.78 Å². The third-order valence-electron chi connectivity index (χ3n) is 4.30. The van der Waals surface area contributed by atoms with Crippen LogP contribution in [0.15, 0.2) is 60.1 Å². The molecule has 0 aliphatic carbocycles. The molecule has 3 rings (SSSR count). The molecule has 0 spiro atoms. The van der Waals surface area contributed by atoms with E-state index in [-0.39, 0.29) is 41.2 Å². The van der Waals surface area contributed by atoms with Gasteiger partial charge in [-0.05, 0) is 18.1 Å². The number of rotatable bonds is 8. The van der Waals surface area contributed by atoms with Gasteiger partial charge < -0.3 is 4.57 Å². The second-order valence-electron chi connectivity index (χ2n) is 6.70. The predicted molar refractivity (Wildman–Crippen MR) is 114 cm³/mol. The maximum absolute atomic E-state index is 14.2. The molecule has 1 heterocycles. The lowest BCUT2D eigenvalue weighted by Gasteiger charge is -2.04. The lowest BCUT2D eigenvalue weighted by Crippen LogP contribution is -2.17. The molecule has 1 aromatic heterocycles. The van der Waals surface area contributed by atoms with Gasteiger partial charge in [0.1, 0.15) is 5.82 Å². The highest BCUT2D eigenvalue weighted by molar-refractivity contribution is 7.90. The predicted octanol–water partition coefficient (Wildman–Crippen LogP) is 3.99. The van der Waals surface area contributed by atoms with Gasteiger partial charge >= 0.3 is 0 Å². The molecule has 9 heteroatoms. The van der Waals surface area contributed by atoms with Crippen molar-refractivity contribution in [2.24, 2.45) is 4.99 Å². The zero-order chi connectivity index (χ0) is 21.7. The fraction of sp³-hybridized carbons (Fsp3) is 0.238. The van der Waals surface area contributed by atoms with Crippen molar-refractivity contribution in [3.63, 3.8) is 0 Å². The summed E-state index contributed by atoms with van der Waals surface area (Å²) in [7, 11) is -3.35. The van der Waals surface area contributed by atoms with Crippen LogP contribution < -0.4 is 4.80 Å². The molecule has 1 amide bonds. The van der Waals surface area contributed by atoms with Crippen molar-refractivity contribution in [3.05, 3.63) is 77.1 Å². The highest BCUT2D eigenvalue weighted by atomic mass is 32.2. The van der Waals surface area contributed by atoms with E-state index < -0.39 is 27.4 Å². The van der Waals surface area contributed by atoms with Crippen LogP contribution in [0.1, 0.15) is 18.4 Å². The Morgan fingerprint density at radius 2 is 1.93 bits per heavy atom. The Bertz CT molecular complexity index is 1250. The molecule has 0 atom stereocenters. The van der Waals surface area contributed by atoms with Crippen LogP contribution in [-0.4, -0.2) is 24.6 Å². The Morgan fingerprint density at radius 3 is 2.63 bits per heavy atom. The molecule has 0 fully saturated rings. The van der Waals surface area contributed by atoms with E-state index in [4.69, 9.17) is 0 Å². The summed E-state index contributed by atoms with van der Waals surface area (Å²) in [5, 5.41) is 0. The summed E-state index contributed by atoms with van der Waals surface area (Å²) in [5.74, 6) is -2.20.